The molecular weight excluding hydrogens is 214 g/mol. The third-order valence-corrected chi connectivity index (χ3v) is 4.30. The molecule has 0 unspecified atom stereocenters. The highest BCUT2D eigenvalue weighted by molar-refractivity contribution is 5.79. The van der Waals surface area contributed by atoms with Crippen molar-refractivity contribution in [3.8, 4) is 6.07 Å². The first-order valence-electron chi connectivity index (χ1n) is 6.60. The summed E-state index contributed by atoms with van der Waals surface area (Å²) in [4.78, 5) is 14.2. The number of nitriles is 1. The summed E-state index contributed by atoms with van der Waals surface area (Å²) in [6.07, 6.45) is 5.59. The lowest BCUT2D eigenvalue weighted by Crippen LogP contribution is -2.47. The third-order valence-electron chi connectivity index (χ3n) is 4.30. The second-order valence-electron chi connectivity index (χ2n) is 5.25. The molecule has 1 aliphatic heterocycles. The average molecular weight is 235 g/mol. The van der Waals surface area contributed by atoms with E-state index in [1.54, 1.807) is 0 Å². The molecule has 1 saturated carbocycles. The van der Waals surface area contributed by atoms with Gasteiger partial charge >= 0.3 is 0 Å². The Hall–Kier alpha value is -1.08. The number of nitrogens with zero attached hydrogens (tertiary/aromatic N) is 2. The Balaban J connectivity index is 1.90. The maximum Gasteiger partial charge on any atom is 0.225 e. The molecule has 94 valence electrons. The van der Waals surface area contributed by atoms with E-state index in [1.165, 1.54) is 0 Å². The zero-order valence-corrected chi connectivity index (χ0v) is 10.5. The molecule has 2 fully saturated rings. The summed E-state index contributed by atoms with van der Waals surface area (Å²) in [5.41, 5.74) is -0.387. The molecule has 0 atom stereocenters. The first-order chi connectivity index (χ1) is 8.21. The fraction of sp³-hybridized carbons (Fsp3) is 0.846. The van der Waals surface area contributed by atoms with Gasteiger partial charge in [0.15, 0.2) is 0 Å². The molecule has 2 rings (SSSR count). The largest absolute Gasteiger partial charge is 0.342 e. The van der Waals surface area contributed by atoms with Crippen molar-refractivity contribution in [3.05, 3.63) is 0 Å². The van der Waals surface area contributed by atoms with Gasteiger partial charge in [-0.1, -0.05) is 0 Å². The maximum absolute atomic E-state index is 12.2. The van der Waals surface area contributed by atoms with Crippen LogP contribution >= 0.6 is 0 Å². The number of carbonyl (C=O) groups is 1. The molecule has 1 saturated heterocycles. The van der Waals surface area contributed by atoms with E-state index < -0.39 is 0 Å². The molecule has 1 N–H and O–H groups in total. The van der Waals surface area contributed by atoms with Crippen molar-refractivity contribution < 1.29 is 4.79 Å². The van der Waals surface area contributed by atoms with Crippen molar-refractivity contribution in [1.29, 1.82) is 5.26 Å². The zero-order chi connectivity index (χ0) is 12.3. The second-order valence-corrected chi connectivity index (χ2v) is 5.25. The Morgan fingerprint density at radius 2 is 1.94 bits per heavy atom. The molecule has 2 aliphatic rings. The minimum atomic E-state index is -0.387. The van der Waals surface area contributed by atoms with Gasteiger partial charge in [0.05, 0.1) is 6.07 Å². The highest BCUT2D eigenvalue weighted by Crippen LogP contribution is 2.33. The van der Waals surface area contributed by atoms with E-state index in [2.05, 4.69) is 11.4 Å². The molecule has 0 aromatic carbocycles. The summed E-state index contributed by atoms with van der Waals surface area (Å²) in [6, 6.07) is 2.36. The minimum Gasteiger partial charge on any atom is -0.342 e. The van der Waals surface area contributed by atoms with E-state index >= 15 is 0 Å². The van der Waals surface area contributed by atoms with Crippen molar-refractivity contribution >= 4 is 5.91 Å². The first kappa shape index (κ1) is 12.4. The van der Waals surface area contributed by atoms with Gasteiger partial charge in [0.2, 0.25) is 5.91 Å². The van der Waals surface area contributed by atoms with Crippen LogP contribution in [0.5, 0.6) is 0 Å². The van der Waals surface area contributed by atoms with Crippen LogP contribution in [0, 0.1) is 17.2 Å². The number of carbonyl (C=O) groups excluding carboxylic acids is 1. The topological polar surface area (TPSA) is 56.1 Å². The van der Waals surface area contributed by atoms with Gasteiger partial charge in [0.1, 0.15) is 5.54 Å². The SMILES string of the molecule is CNC1(C#N)CCC(C(=O)N2CCCC2)CC1. The van der Waals surface area contributed by atoms with Crippen LogP contribution in [0.4, 0.5) is 0 Å². The van der Waals surface area contributed by atoms with Crippen molar-refractivity contribution in [1.82, 2.24) is 10.2 Å². The highest BCUT2D eigenvalue weighted by atomic mass is 16.2. The van der Waals surface area contributed by atoms with Crippen molar-refractivity contribution in [2.24, 2.45) is 5.92 Å². The predicted molar refractivity (Wildman–Crippen MR) is 65.2 cm³/mol. The number of nitrogens with one attached hydrogen (secondary N) is 1. The molecule has 1 heterocycles. The molecule has 0 spiro atoms. The molecule has 0 aromatic heterocycles. The summed E-state index contributed by atoms with van der Waals surface area (Å²) in [7, 11) is 1.84. The maximum atomic E-state index is 12.2. The Morgan fingerprint density at radius 1 is 1.35 bits per heavy atom. The fourth-order valence-corrected chi connectivity index (χ4v) is 2.97. The van der Waals surface area contributed by atoms with Crippen molar-refractivity contribution in [3.63, 3.8) is 0 Å². The third kappa shape index (κ3) is 2.44. The Kier molecular flexibility index (Phi) is 3.68. The predicted octanol–water partition coefficient (Wildman–Crippen LogP) is 1.28. The Bertz CT molecular complexity index is 320. The molecule has 4 nitrogen and oxygen atoms in total. The van der Waals surface area contributed by atoms with Crippen LogP contribution in [0.1, 0.15) is 38.5 Å². The van der Waals surface area contributed by atoms with Gasteiger partial charge in [-0.15, -0.1) is 0 Å². The molecule has 0 bridgehead atoms. The average Bonchev–Trinajstić information content (AvgIpc) is 2.92. The number of likely N-dealkylation sites (tertiary alicyclic amines) is 1. The van der Waals surface area contributed by atoms with Gasteiger partial charge in [0, 0.05) is 19.0 Å². The minimum absolute atomic E-state index is 0.155. The Morgan fingerprint density at radius 3 is 2.41 bits per heavy atom. The summed E-state index contributed by atoms with van der Waals surface area (Å²) >= 11 is 0. The van der Waals surface area contributed by atoms with Crippen molar-refractivity contribution in [2.45, 2.75) is 44.1 Å². The molecule has 17 heavy (non-hydrogen) atoms. The van der Waals surface area contributed by atoms with E-state index in [0.717, 1.165) is 51.6 Å². The highest BCUT2D eigenvalue weighted by Gasteiger charge is 2.37. The van der Waals surface area contributed by atoms with Crippen LogP contribution in [-0.2, 0) is 4.79 Å². The molecule has 0 radical (unpaired) electrons. The second kappa shape index (κ2) is 5.05. The molecule has 4 heteroatoms. The molecular formula is C13H21N3O. The van der Waals surface area contributed by atoms with Crippen LogP contribution < -0.4 is 5.32 Å². The van der Waals surface area contributed by atoms with Crippen LogP contribution in [0.25, 0.3) is 0 Å². The summed E-state index contributed by atoms with van der Waals surface area (Å²) in [6.45, 7) is 1.87. The summed E-state index contributed by atoms with van der Waals surface area (Å²) in [5, 5.41) is 12.3. The van der Waals surface area contributed by atoms with E-state index in [1.807, 2.05) is 11.9 Å². The van der Waals surface area contributed by atoms with Crippen LogP contribution in [0.15, 0.2) is 0 Å². The number of hydrogen-bond acceptors (Lipinski definition) is 3. The standard InChI is InChI=1S/C13H21N3O/c1-15-13(10-14)6-4-11(5-7-13)12(17)16-8-2-3-9-16/h11,15H,2-9H2,1H3. The van der Waals surface area contributed by atoms with Gasteiger partial charge in [-0.2, -0.15) is 5.26 Å². The molecule has 0 aromatic rings. The van der Waals surface area contributed by atoms with Gasteiger partial charge in [-0.3, -0.25) is 4.79 Å². The van der Waals surface area contributed by atoms with E-state index in [-0.39, 0.29) is 11.5 Å². The van der Waals surface area contributed by atoms with E-state index in [9.17, 15) is 10.1 Å². The first-order valence-corrected chi connectivity index (χ1v) is 6.60. The number of rotatable bonds is 2. The lowest BCUT2D eigenvalue weighted by molar-refractivity contribution is -0.135. The summed E-state index contributed by atoms with van der Waals surface area (Å²) < 4.78 is 0. The molecule has 1 aliphatic carbocycles. The van der Waals surface area contributed by atoms with E-state index in [0.29, 0.717) is 5.91 Å². The fourth-order valence-electron chi connectivity index (χ4n) is 2.97. The summed E-state index contributed by atoms with van der Waals surface area (Å²) in [5.74, 6) is 0.480. The van der Waals surface area contributed by atoms with Gasteiger partial charge < -0.3 is 10.2 Å². The van der Waals surface area contributed by atoms with Gasteiger partial charge in [0.25, 0.3) is 0 Å². The quantitative estimate of drug-likeness (QED) is 0.784. The Labute approximate surface area is 103 Å². The smallest absolute Gasteiger partial charge is 0.225 e. The van der Waals surface area contributed by atoms with E-state index in [4.69, 9.17) is 0 Å². The molecule has 1 amide bonds. The van der Waals surface area contributed by atoms with Gasteiger partial charge in [-0.25, -0.2) is 0 Å². The lowest BCUT2D eigenvalue weighted by atomic mass is 9.77. The van der Waals surface area contributed by atoms with Crippen LogP contribution in [0.2, 0.25) is 0 Å². The monoisotopic (exact) mass is 235 g/mol. The normalized spacial score (nSPS) is 33.4. The number of amides is 1. The number of hydrogen-bond donors (Lipinski definition) is 1. The van der Waals surface area contributed by atoms with Crippen LogP contribution in [-0.4, -0.2) is 36.5 Å². The lowest BCUT2D eigenvalue weighted by Gasteiger charge is -2.35. The van der Waals surface area contributed by atoms with Crippen molar-refractivity contribution in [2.75, 3.05) is 20.1 Å². The van der Waals surface area contributed by atoms with Crippen LogP contribution in [0.3, 0.4) is 0 Å². The zero-order valence-electron chi connectivity index (χ0n) is 10.5. The van der Waals surface area contributed by atoms with Gasteiger partial charge in [-0.05, 0) is 45.6 Å².